The number of likely N-dealkylation sites (tertiary alicyclic amines) is 1. The molecule has 0 unspecified atom stereocenters. The van der Waals surface area contributed by atoms with Gasteiger partial charge in [-0.15, -0.1) is 0 Å². The normalized spacial score (nSPS) is 19.7. The molecule has 3 N–H and O–H groups in total. The fraction of sp³-hybridized carbons (Fsp3) is 0.917. The van der Waals surface area contributed by atoms with Gasteiger partial charge < -0.3 is 10.6 Å². The number of hydrogen-bond acceptors (Lipinski definition) is 2. The van der Waals surface area contributed by atoms with E-state index in [0.29, 0.717) is 11.8 Å². The van der Waals surface area contributed by atoms with Crippen LogP contribution in [-0.2, 0) is 0 Å². The molecule has 0 bridgehead atoms. The quantitative estimate of drug-likeness (QED) is 0.540. The van der Waals surface area contributed by atoms with E-state index < -0.39 is 0 Å². The predicted octanol–water partition coefficient (Wildman–Crippen LogP) is 2.07. The summed E-state index contributed by atoms with van der Waals surface area (Å²) in [5.41, 5.74) is 5.52. The average molecular weight is 211 g/mol. The fourth-order valence-electron chi connectivity index (χ4n) is 2.19. The van der Waals surface area contributed by atoms with Crippen LogP contribution in [0.15, 0.2) is 0 Å². The van der Waals surface area contributed by atoms with E-state index in [2.05, 4.69) is 18.7 Å². The highest BCUT2D eigenvalue weighted by Crippen LogP contribution is 2.17. The Bertz CT molecular complexity index is 193. The lowest BCUT2D eigenvalue weighted by Crippen LogP contribution is -2.38. The van der Waals surface area contributed by atoms with Gasteiger partial charge in [-0.1, -0.05) is 13.8 Å². The summed E-state index contributed by atoms with van der Waals surface area (Å²) in [6, 6.07) is 0. The van der Waals surface area contributed by atoms with Crippen LogP contribution in [-0.4, -0.2) is 30.4 Å². The van der Waals surface area contributed by atoms with E-state index in [0.717, 1.165) is 31.8 Å². The van der Waals surface area contributed by atoms with Gasteiger partial charge in [0.15, 0.2) is 0 Å². The minimum Gasteiger partial charge on any atom is -0.387 e. The van der Waals surface area contributed by atoms with Crippen molar-refractivity contribution in [1.82, 2.24) is 4.90 Å². The lowest BCUT2D eigenvalue weighted by Gasteiger charge is -2.31. The zero-order chi connectivity index (χ0) is 11.3. The molecule has 1 saturated heterocycles. The van der Waals surface area contributed by atoms with Crippen molar-refractivity contribution in [3.05, 3.63) is 0 Å². The number of hydrogen-bond donors (Lipinski definition) is 2. The Morgan fingerprint density at radius 3 is 2.47 bits per heavy atom. The summed E-state index contributed by atoms with van der Waals surface area (Å²) in [7, 11) is 0. The molecule has 1 aliphatic heterocycles. The van der Waals surface area contributed by atoms with Crippen LogP contribution in [0.25, 0.3) is 0 Å². The topological polar surface area (TPSA) is 53.1 Å². The SMILES string of the molecule is CC(C)CCCN1CCC(C(=N)N)CC1. The van der Waals surface area contributed by atoms with Crippen molar-refractivity contribution in [3.8, 4) is 0 Å². The predicted molar refractivity (Wildman–Crippen MR) is 65.2 cm³/mol. The Kier molecular flexibility index (Phi) is 5.09. The molecule has 0 aromatic rings. The molecule has 0 spiro atoms. The van der Waals surface area contributed by atoms with E-state index in [4.69, 9.17) is 11.1 Å². The Labute approximate surface area is 93.5 Å². The number of piperidine rings is 1. The van der Waals surface area contributed by atoms with Crippen molar-refractivity contribution in [2.24, 2.45) is 17.6 Å². The van der Waals surface area contributed by atoms with Crippen molar-refractivity contribution < 1.29 is 0 Å². The standard InChI is InChI=1S/C12H25N3/c1-10(2)4-3-7-15-8-5-11(6-9-15)12(13)14/h10-11H,3-9H2,1-2H3,(H3,13,14). The maximum atomic E-state index is 7.41. The monoisotopic (exact) mass is 211 g/mol. The van der Waals surface area contributed by atoms with Gasteiger partial charge in [-0.2, -0.15) is 0 Å². The van der Waals surface area contributed by atoms with Gasteiger partial charge in [0.1, 0.15) is 0 Å². The van der Waals surface area contributed by atoms with E-state index in [1.54, 1.807) is 0 Å². The van der Waals surface area contributed by atoms with E-state index >= 15 is 0 Å². The number of amidine groups is 1. The second-order valence-corrected chi connectivity index (χ2v) is 5.11. The highest BCUT2D eigenvalue weighted by Gasteiger charge is 2.20. The first-order valence-electron chi connectivity index (χ1n) is 6.16. The van der Waals surface area contributed by atoms with Crippen molar-refractivity contribution in [2.45, 2.75) is 39.5 Å². The van der Waals surface area contributed by atoms with Gasteiger partial charge in [0.05, 0.1) is 5.84 Å². The summed E-state index contributed by atoms with van der Waals surface area (Å²) >= 11 is 0. The van der Waals surface area contributed by atoms with Crippen LogP contribution in [0.5, 0.6) is 0 Å². The van der Waals surface area contributed by atoms with Crippen LogP contribution < -0.4 is 5.73 Å². The van der Waals surface area contributed by atoms with Crippen LogP contribution in [0.3, 0.4) is 0 Å². The molecule has 1 rings (SSSR count). The van der Waals surface area contributed by atoms with Gasteiger partial charge in [0.2, 0.25) is 0 Å². The van der Waals surface area contributed by atoms with Gasteiger partial charge in [0.25, 0.3) is 0 Å². The number of nitrogens with one attached hydrogen (secondary N) is 1. The van der Waals surface area contributed by atoms with E-state index in [1.165, 1.54) is 19.4 Å². The molecule has 0 amide bonds. The minimum atomic E-state index is 0.353. The van der Waals surface area contributed by atoms with Crippen LogP contribution in [0.4, 0.5) is 0 Å². The van der Waals surface area contributed by atoms with Crippen LogP contribution in [0.1, 0.15) is 39.5 Å². The molecule has 1 aliphatic rings. The van der Waals surface area contributed by atoms with Crippen LogP contribution in [0, 0.1) is 17.2 Å². The zero-order valence-electron chi connectivity index (χ0n) is 10.1. The molecule has 0 aliphatic carbocycles. The first-order valence-corrected chi connectivity index (χ1v) is 6.16. The number of nitrogens with zero attached hydrogens (tertiary/aromatic N) is 1. The molecule has 0 aromatic carbocycles. The highest BCUT2D eigenvalue weighted by atomic mass is 15.1. The summed E-state index contributed by atoms with van der Waals surface area (Å²) in [4.78, 5) is 2.52. The van der Waals surface area contributed by atoms with Gasteiger partial charge in [-0.25, -0.2) is 0 Å². The molecule has 15 heavy (non-hydrogen) atoms. The fourth-order valence-corrected chi connectivity index (χ4v) is 2.19. The Hall–Kier alpha value is -0.570. The molecular weight excluding hydrogens is 186 g/mol. The smallest absolute Gasteiger partial charge is 0.0937 e. The first-order chi connectivity index (χ1) is 7.09. The molecule has 1 fully saturated rings. The number of nitrogens with two attached hydrogens (primary N) is 1. The molecule has 0 atom stereocenters. The van der Waals surface area contributed by atoms with E-state index in [-0.39, 0.29) is 0 Å². The second-order valence-electron chi connectivity index (χ2n) is 5.11. The second kappa shape index (κ2) is 6.11. The summed E-state index contributed by atoms with van der Waals surface area (Å²) in [6.45, 7) is 8.04. The first kappa shape index (κ1) is 12.5. The van der Waals surface area contributed by atoms with Gasteiger partial charge in [0, 0.05) is 5.92 Å². The van der Waals surface area contributed by atoms with Crippen molar-refractivity contribution in [3.63, 3.8) is 0 Å². The third-order valence-corrected chi connectivity index (χ3v) is 3.28. The molecule has 0 radical (unpaired) electrons. The highest BCUT2D eigenvalue weighted by molar-refractivity contribution is 5.79. The summed E-state index contributed by atoms with van der Waals surface area (Å²) in [5, 5.41) is 7.41. The minimum absolute atomic E-state index is 0.353. The Morgan fingerprint density at radius 1 is 1.40 bits per heavy atom. The summed E-state index contributed by atoms with van der Waals surface area (Å²) < 4.78 is 0. The zero-order valence-corrected chi connectivity index (χ0v) is 10.1. The van der Waals surface area contributed by atoms with E-state index in [1.807, 2.05) is 0 Å². The maximum absolute atomic E-state index is 7.41. The van der Waals surface area contributed by atoms with Crippen molar-refractivity contribution in [1.29, 1.82) is 5.41 Å². The largest absolute Gasteiger partial charge is 0.387 e. The number of rotatable bonds is 5. The molecule has 0 saturated carbocycles. The molecular formula is C12H25N3. The van der Waals surface area contributed by atoms with Crippen molar-refractivity contribution in [2.75, 3.05) is 19.6 Å². The molecule has 88 valence electrons. The third kappa shape index (κ3) is 4.65. The Morgan fingerprint density at radius 2 is 2.00 bits per heavy atom. The molecule has 0 aromatic heterocycles. The molecule has 3 heteroatoms. The lowest BCUT2D eigenvalue weighted by molar-refractivity contribution is 0.203. The van der Waals surface area contributed by atoms with Gasteiger partial charge in [-0.3, -0.25) is 5.41 Å². The van der Waals surface area contributed by atoms with Gasteiger partial charge >= 0.3 is 0 Å². The third-order valence-electron chi connectivity index (χ3n) is 3.28. The van der Waals surface area contributed by atoms with E-state index in [9.17, 15) is 0 Å². The van der Waals surface area contributed by atoms with Gasteiger partial charge in [-0.05, 0) is 51.2 Å². The summed E-state index contributed by atoms with van der Waals surface area (Å²) in [6.07, 6.45) is 4.79. The average Bonchev–Trinajstić information content (AvgIpc) is 2.18. The van der Waals surface area contributed by atoms with Crippen LogP contribution in [0.2, 0.25) is 0 Å². The Balaban J connectivity index is 2.12. The van der Waals surface area contributed by atoms with Crippen molar-refractivity contribution >= 4 is 5.84 Å². The maximum Gasteiger partial charge on any atom is 0.0937 e. The summed E-state index contributed by atoms with van der Waals surface area (Å²) in [5.74, 6) is 1.56. The lowest BCUT2D eigenvalue weighted by atomic mass is 9.95. The molecule has 1 heterocycles. The molecule has 3 nitrogen and oxygen atoms in total. The van der Waals surface area contributed by atoms with Crippen LogP contribution >= 0.6 is 0 Å².